The fourth-order valence-electron chi connectivity index (χ4n) is 3.56. The molecule has 180 valence electrons. The van der Waals surface area contributed by atoms with Gasteiger partial charge in [-0.25, -0.2) is 0 Å². The highest BCUT2D eigenvalue weighted by Gasteiger charge is 2.31. The number of methoxy groups -OCH3 is 1. The van der Waals surface area contributed by atoms with Gasteiger partial charge < -0.3 is 19.3 Å². The number of halogens is 3. The third kappa shape index (κ3) is 6.19. The minimum Gasteiger partial charge on any atom is -0.493 e. The number of nitriles is 1. The highest BCUT2D eigenvalue weighted by molar-refractivity contribution is 5.94. The summed E-state index contributed by atoms with van der Waals surface area (Å²) in [7, 11) is 1.48. The second kappa shape index (κ2) is 10.9. The molecule has 2 amide bonds. The Bertz CT molecular complexity index is 1060. The molecule has 0 bridgehead atoms. The first kappa shape index (κ1) is 24.9. The second-order valence-electron chi connectivity index (χ2n) is 7.68. The van der Waals surface area contributed by atoms with Crippen LogP contribution < -0.4 is 9.47 Å². The molecule has 0 radical (unpaired) electrons. The van der Waals surface area contributed by atoms with Gasteiger partial charge in [-0.1, -0.05) is 0 Å². The Balaban J connectivity index is 1.42. The maximum absolute atomic E-state index is 12.7. The molecule has 0 atom stereocenters. The summed E-state index contributed by atoms with van der Waals surface area (Å²) in [6, 6.07) is 11.0. The van der Waals surface area contributed by atoms with Crippen molar-refractivity contribution in [3.63, 3.8) is 0 Å². The van der Waals surface area contributed by atoms with Crippen LogP contribution in [0.5, 0.6) is 11.5 Å². The molecular weight excluding hydrogens is 451 g/mol. The first-order valence-corrected chi connectivity index (χ1v) is 10.7. The summed E-state index contributed by atoms with van der Waals surface area (Å²) >= 11 is 0. The average molecular weight is 475 g/mol. The van der Waals surface area contributed by atoms with E-state index in [-0.39, 0.29) is 23.8 Å². The lowest BCUT2D eigenvalue weighted by Crippen LogP contribution is -2.50. The summed E-state index contributed by atoms with van der Waals surface area (Å²) in [5, 5.41) is 8.94. The van der Waals surface area contributed by atoms with Gasteiger partial charge in [0.05, 0.1) is 30.9 Å². The molecule has 0 N–H and O–H groups in total. The number of amides is 2. The Morgan fingerprint density at radius 2 is 1.65 bits per heavy atom. The number of carbonyl (C=O) groups is 2. The van der Waals surface area contributed by atoms with Crippen molar-refractivity contribution in [2.45, 2.75) is 19.0 Å². The maximum Gasteiger partial charge on any atom is 0.416 e. The number of ether oxygens (including phenoxy) is 2. The summed E-state index contributed by atoms with van der Waals surface area (Å²) < 4.78 is 49.0. The minimum atomic E-state index is -4.45. The van der Waals surface area contributed by atoms with E-state index in [9.17, 15) is 22.8 Å². The molecule has 1 aliphatic heterocycles. The monoisotopic (exact) mass is 475 g/mol. The van der Waals surface area contributed by atoms with E-state index >= 15 is 0 Å². The van der Waals surface area contributed by atoms with Gasteiger partial charge >= 0.3 is 6.18 Å². The van der Waals surface area contributed by atoms with Crippen molar-refractivity contribution >= 4 is 11.8 Å². The van der Waals surface area contributed by atoms with Crippen LogP contribution in [0.1, 0.15) is 34.3 Å². The highest BCUT2D eigenvalue weighted by atomic mass is 19.4. The Hall–Kier alpha value is -3.74. The van der Waals surface area contributed by atoms with Crippen molar-refractivity contribution in [2.75, 3.05) is 39.9 Å². The third-order valence-electron chi connectivity index (χ3n) is 5.46. The molecule has 34 heavy (non-hydrogen) atoms. The lowest BCUT2D eigenvalue weighted by atomic mass is 10.1. The van der Waals surface area contributed by atoms with Crippen LogP contribution in [0.15, 0.2) is 42.5 Å². The number of benzene rings is 2. The van der Waals surface area contributed by atoms with Crippen LogP contribution in [-0.4, -0.2) is 61.5 Å². The van der Waals surface area contributed by atoms with Gasteiger partial charge in [0.15, 0.2) is 11.5 Å². The van der Waals surface area contributed by atoms with Crippen molar-refractivity contribution in [3.8, 4) is 17.6 Å². The quantitative estimate of drug-likeness (QED) is 0.570. The van der Waals surface area contributed by atoms with Gasteiger partial charge in [-0.05, 0) is 42.8 Å². The van der Waals surface area contributed by atoms with Gasteiger partial charge in [0.25, 0.3) is 5.91 Å². The van der Waals surface area contributed by atoms with Crippen LogP contribution in [0.2, 0.25) is 0 Å². The van der Waals surface area contributed by atoms with Crippen LogP contribution in [0.3, 0.4) is 0 Å². The molecule has 10 heteroatoms. The number of nitrogens with zero attached hydrogens (tertiary/aromatic N) is 3. The van der Waals surface area contributed by atoms with Crippen molar-refractivity contribution in [3.05, 3.63) is 59.2 Å². The highest BCUT2D eigenvalue weighted by Crippen LogP contribution is 2.29. The summed E-state index contributed by atoms with van der Waals surface area (Å²) in [6.07, 6.45) is -3.70. The number of hydrogen-bond acceptors (Lipinski definition) is 5. The predicted molar refractivity (Wildman–Crippen MR) is 116 cm³/mol. The fraction of sp³-hybridized carbons (Fsp3) is 0.375. The molecule has 1 aliphatic rings. The van der Waals surface area contributed by atoms with Crippen LogP contribution in [0, 0.1) is 11.3 Å². The van der Waals surface area contributed by atoms with Gasteiger partial charge in [-0.15, -0.1) is 0 Å². The maximum atomic E-state index is 12.7. The molecule has 0 saturated carbocycles. The first-order chi connectivity index (χ1) is 16.2. The molecule has 0 aliphatic carbocycles. The SMILES string of the molecule is COc1cc(C#N)ccc1OCCCC(=O)N1CCN(C(=O)c2ccc(C(F)(F)F)cc2)CC1. The fourth-order valence-corrected chi connectivity index (χ4v) is 3.56. The predicted octanol–water partition coefficient (Wildman–Crippen LogP) is 3.73. The second-order valence-corrected chi connectivity index (χ2v) is 7.68. The molecule has 3 rings (SSSR count). The smallest absolute Gasteiger partial charge is 0.416 e. The average Bonchev–Trinajstić information content (AvgIpc) is 2.85. The van der Waals surface area contributed by atoms with E-state index in [4.69, 9.17) is 14.7 Å². The molecule has 1 heterocycles. The standard InChI is InChI=1S/C24H24F3N3O4/c1-33-21-15-17(16-28)4-9-20(21)34-14-2-3-22(31)29-10-12-30(13-11-29)23(32)18-5-7-19(8-6-18)24(25,26)27/h4-9,15H,2-3,10-14H2,1H3. The van der Waals surface area contributed by atoms with E-state index < -0.39 is 11.7 Å². The van der Waals surface area contributed by atoms with Gasteiger partial charge in [0, 0.05) is 44.2 Å². The number of hydrogen-bond donors (Lipinski definition) is 0. The molecule has 1 saturated heterocycles. The number of alkyl halides is 3. The molecule has 0 unspecified atom stereocenters. The molecule has 2 aromatic rings. The third-order valence-corrected chi connectivity index (χ3v) is 5.46. The Kier molecular flexibility index (Phi) is 7.99. The van der Waals surface area contributed by atoms with Crippen LogP contribution in [0.25, 0.3) is 0 Å². The molecule has 0 aromatic heterocycles. The number of carbonyl (C=O) groups excluding carboxylic acids is 2. The van der Waals surface area contributed by atoms with Crippen LogP contribution in [0.4, 0.5) is 13.2 Å². The van der Waals surface area contributed by atoms with E-state index in [1.54, 1.807) is 23.1 Å². The zero-order chi connectivity index (χ0) is 24.7. The Morgan fingerprint density at radius 3 is 2.24 bits per heavy atom. The zero-order valence-electron chi connectivity index (χ0n) is 18.6. The van der Waals surface area contributed by atoms with Gasteiger partial charge in [0.1, 0.15) is 0 Å². The van der Waals surface area contributed by atoms with Crippen molar-refractivity contribution in [1.82, 2.24) is 9.80 Å². The van der Waals surface area contributed by atoms with E-state index in [1.807, 2.05) is 6.07 Å². The lowest BCUT2D eigenvalue weighted by Gasteiger charge is -2.35. The first-order valence-electron chi connectivity index (χ1n) is 10.7. The van der Waals surface area contributed by atoms with Crippen molar-refractivity contribution < 1.29 is 32.2 Å². The van der Waals surface area contributed by atoms with Crippen LogP contribution in [-0.2, 0) is 11.0 Å². The summed E-state index contributed by atoms with van der Waals surface area (Å²) in [6.45, 7) is 1.63. The lowest BCUT2D eigenvalue weighted by molar-refractivity contribution is -0.137. The van der Waals surface area contributed by atoms with E-state index in [0.29, 0.717) is 56.3 Å². The molecule has 1 fully saturated rings. The van der Waals surface area contributed by atoms with Gasteiger partial charge in [0.2, 0.25) is 5.91 Å². The number of rotatable bonds is 7. The molecule has 2 aromatic carbocycles. The molecular formula is C24H24F3N3O4. The summed E-state index contributed by atoms with van der Waals surface area (Å²) in [4.78, 5) is 28.3. The Morgan fingerprint density at radius 1 is 1.00 bits per heavy atom. The van der Waals surface area contributed by atoms with Gasteiger partial charge in [-0.2, -0.15) is 18.4 Å². The van der Waals surface area contributed by atoms with E-state index in [2.05, 4.69) is 0 Å². The van der Waals surface area contributed by atoms with Crippen LogP contribution >= 0.6 is 0 Å². The van der Waals surface area contributed by atoms with Gasteiger partial charge in [-0.3, -0.25) is 9.59 Å². The van der Waals surface area contributed by atoms with Crippen molar-refractivity contribution in [2.24, 2.45) is 0 Å². The van der Waals surface area contributed by atoms with E-state index in [1.165, 1.54) is 24.1 Å². The Labute approximate surface area is 195 Å². The largest absolute Gasteiger partial charge is 0.493 e. The topological polar surface area (TPSA) is 82.9 Å². The molecule has 7 nitrogen and oxygen atoms in total. The molecule has 0 spiro atoms. The number of piperazine rings is 1. The van der Waals surface area contributed by atoms with E-state index in [0.717, 1.165) is 12.1 Å². The summed E-state index contributed by atoms with van der Waals surface area (Å²) in [5.74, 6) is 0.520. The summed E-state index contributed by atoms with van der Waals surface area (Å²) in [5.41, 5.74) is -0.167. The van der Waals surface area contributed by atoms with Crippen molar-refractivity contribution in [1.29, 1.82) is 5.26 Å². The minimum absolute atomic E-state index is 0.0583. The normalized spacial score (nSPS) is 13.9. The zero-order valence-corrected chi connectivity index (χ0v) is 18.6.